The molecule has 3 heterocycles. The number of amides is 1. The van der Waals surface area contributed by atoms with Gasteiger partial charge in [0, 0.05) is 25.3 Å². The number of halogens is 3. The maximum absolute atomic E-state index is 12.9. The van der Waals surface area contributed by atoms with Gasteiger partial charge in [-0.25, -0.2) is 4.68 Å². The van der Waals surface area contributed by atoms with Crippen LogP contribution in [0.25, 0.3) is 16.7 Å². The largest absolute Gasteiger partial charge is 0.416 e. The summed E-state index contributed by atoms with van der Waals surface area (Å²) >= 11 is 0. The van der Waals surface area contributed by atoms with E-state index in [4.69, 9.17) is 0 Å². The van der Waals surface area contributed by atoms with Gasteiger partial charge in [0.1, 0.15) is 5.52 Å². The zero-order valence-corrected chi connectivity index (χ0v) is 15.4. The van der Waals surface area contributed by atoms with Gasteiger partial charge >= 0.3 is 6.18 Å². The number of rotatable bonds is 4. The summed E-state index contributed by atoms with van der Waals surface area (Å²) in [6.45, 7) is 4.70. The van der Waals surface area contributed by atoms with Crippen molar-refractivity contribution in [3.63, 3.8) is 0 Å². The molecule has 29 heavy (non-hydrogen) atoms. The van der Waals surface area contributed by atoms with Crippen LogP contribution in [-0.4, -0.2) is 39.8 Å². The average molecular weight is 401 g/mol. The summed E-state index contributed by atoms with van der Waals surface area (Å²) in [4.78, 5) is 18.0. The highest BCUT2D eigenvalue weighted by molar-refractivity contribution is 5.89. The monoisotopic (exact) mass is 401 g/mol. The molecule has 4 rings (SSSR count). The molecule has 1 amide bonds. The Morgan fingerprint density at radius 1 is 1.24 bits per heavy atom. The van der Waals surface area contributed by atoms with Crippen molar-refractivity contribution in [2.75, 3.05) is 18.0 Å². The first-order valence-corrected chi connectivity index (χ1v) is 9.06. The molecule has 1 aromatic carbocycles. The predicted octanol–water partition coefficient (Wildman–Crippen LogP) is 3.32. The molecule has 1 atom stereocenters. The number of alkyl halides is 3. The highest BCUT2D eigenvalue weighted by Crippen LogP contribution is 2.32. The Kier molecular flexibility index (Phi) is 4.73. The van der Waals surface area contributed by atoms with Crippen molar-refractivity contribution in [3.8, 4) is 5.69 Å². The lowest BCUT2D eigenvalue weighted by atomic mass is 10.2. The van der Waals surface area contributed by atoms with Crippen molar-refractivity contribution in [3.05, 3.63) is 60.8 Å². The number of hydrogen-bond acceptors (Lipinski definition) is 4. The minimum Gasteiger partial charge on any atom is -0.351 e. The number of nitrogens with zero attached hydrogens (tertiary/aromatic N) is 4. The number of hydrogen-bond donors (Lipinski definition) is 1. The Bertz CT molecular complexity index is 1060. The van der Waals surface area contributed by atoms with Gasteiger partial charge in [-0.05, 0) is 48.9 Å². The van der Waals surface area contributed by atoms with Crippen molar-refractivity contribution in [2.45, 2.75) is 18.6 Å². The fraction of sp³-hybridized carbons (Fsp3) is 0.250. The van der Waals surface area contributed by atoms with Crippen LogP contribution in [0.1, 0.15) is 12.0 Å². The lowest BCUT2D eigenvalue weighted by Crippen LogP contribution is -2.36. The summed E-state index contributed by atoms with van der Waals surface area (Å²) in [6.07, 6.45) is -0.754. The third-order valence-corrected chi connectivity index (χ3v) is 4.88. The summed E-state index contributed by atoms with van der Waals surface area (Å²) in [7, 11) is 0. The van der Waals surface area contributed by atoms with Gasteiger partial charge in [0.15, 0.2) is 5.82 Å². The molecule has 0 aliphatic carbocycles. The first kappa shape index (κ1) is 19.0. The van der Waals surface area contributed by atoms with E-state index in [9.17, 15) is 18.0 Å². The van der Waals surface area contributed by atoms with Crippen LogP contribution in [0.15, 0.2) is 55.3 Å². The van der Waals surface area contributed by atoms with E-state index < -0.39 is 11.7 Å². The van der Waals surface area contributed by atoms with Crippen LogP contribution in [-0.2, 0) is 11.0 Å². The number of carbonyl (C=O) groups excluding carboxylic acids is 1. The molecule has 0 spiro atoms. The van der Waals surface area contributed by atoms with Gasteiger partial charge in [0.05, 0.1) is 16.8 Å². The average Bonchev–Trinajstić information content (AvgIpc) is 3.32. The molecule has 0 saturated carbocycles. The van der Waals surface area contributed by atoms with Crippen molar-refractivity contribution in [1.29, 1.82) is 0 Å². The Morgan fingerprint density at radius 2 is 2.00 bits per heavy atom. The Hall–Kier alpha value is -3.36. The molecule has 0 bridgehead atoms. The second-order valence-electron chi connectivity index (χ2n) is 6.80. The van der Waals surface area contributed by atoms with Crippen LogP contribution < -0.4 is 10.2 Å². The second-order valence-corrected chi connectivity index (χ2v) is 6.80. The number of fused-ring (bicyclic) bond motifs is 1. The molecule has 0 radical (unpaired) electrons. The molecule has 1 saturated heterocycles. The molecule has 1 unspecified atom stereocenters. The van der Waals surface area contributed by atoms with E-state index in [1.165, 1.54) is 18.2 Å². The van der Waals surface area contributed by atoms with Crippen LogP contribution in [0.4, 0.5) is 19.0 Å². The van der Waals surface area contributed by atoms with E-state index in [1.54, 1.807) is 16.9 Å². The highest BCUT2D eigenvalue weighted by Gasteiger charge is 2.31. The smallest absolute Gasteiger partial charge is 0.351 e. The van der Waals surface area contributed by atoms with Crippen LogP contribution in [0, 0.1) is 0 Å². The zero-order valence-electron chi connectivity index (χ0n) is 15.4. The van der Waals surface area contributed by atoms with Gasteiger partial charge in [-0.2, -0.15) is 13.2 Å². The van der Waals surface area contributed by atoms with E-state index in [0.29, 0.717) is 35.6 Å². The molecular formula is C20H18F3N5O. The van der Waals surface area contributed by atoms with Gasteiger partial charge in [0.25, 0.3) is 0 Å². The summed E-state index contributed by atoms with van der Waals surface area (Å²) in [5.74, 6) is 0.408. The van der Waals surface area contributed by atoms with Crippen LogP contribution in [0.5, 0.6) is 0 Å². The van der Waals surface area contributed by atoms with Crippen LogP contribution >= 0.6 is 0 Å². The van der Waals surface area contributed by atoms with E-state index >= 15 is 0 Å². The Labute approximate surface area is 164 Å². The van der Waals surface area contributed by atoms with E-state index in [-0.39, 0.29) is 11.9 Å². The number of nitrogens with one attached hydrogen (secondary N) is 1. The standard InChI is InChI=1S/C20H18F3N5O/c1-2-17(29)25-14-9-11-27(12-14)19-18-16(4-3-10-24-18)28(26-19)15-7-5-13(6-8-15)20(21,22)23/h2-8,10,14H,1,9,11-12H2,(H,25,29). The predicted molar refractivity (Wildman–Crippen MR) is 103 cm³/mol. The summed E-state index contributed by atoms with van der Waals surface area (Å²) < 4.78 is 40.2. The zero-order chi connectivity index (χ0) is 20.6. The first-order valence-electron chi connectivity index (χ1n) is 9.06. The second kappa shape index (κ2) is 7.23. The van der Waals surface area contributed by atoms with Gasteiger partial charge in [-0.3, -0.25) is 9.78 Å². The number of pyridine rings is 1. The molecular weight excluding hydrogens is 383 g/mol. The lowest BCUT2D eigenvalue weighted by Gasteiger charge is -2.16. The number of benzene rings is 1. The summed E-state index contributed by atoms with van der Waals surface area (Å²) in [5, 5.41) is 7.51. The number of anilines is 1. The molecule has 1 fully saturated rings. The molecule has 3 aromatic rings. The molecule has 6 nitrogen and oxygen atoms in total. The van der Waals surface area contributed by atoms with Crippen molar-refractivity contribution in [2.24, 2.45) is 0 Å². The third-order valence-electron chi connectivity index (χ3n) is 4.88. The quantitative estimate of drug-likeness (QED) is 0.682. The molecule has 1 aliphatic heterocycles. The SMILES string of the molecule is C=CC(=O)NC1CCN(c2nn(-c3ccc(C(F)(F)F)cc3)c3cccnc23)C1. The minimum absolute atomic E-state index is 0.0320. The first-order chi connectivity index (χ1) is 13.9. The number of carbonyl (C=O) groups is 1. The van der Waals surface area contributed by atoms with E-state index in [0.717, 1.165) is 18.6 Å². The van der Waals surface area contributed by atoms with E-state index in [2.05, 4.69) is 22.0 Å². The lowest BCUT2D eigenvalue weighted by molar-refractivity contribution is -0.137. The van der Waals surface area contributed by atoms with Gasteiger partial charge < -0.3 is 10.2 Å². The van der Waals surface area contributed by atoms with E-state index in [1.807, 2.05) is 11.0 Å². The van der Waals surface area contributed by atoms with Crippen molar-refractivity contribution < 1.29 is 18.0 Å². The fourth-order valence-corrected chi connectivity index (χ4v) is 3.47. The van der Waals surface area contributed by atoms with Gasteiger partial charge in [-0.1, -0.05) is 6.58 Å². The van der Waals surface area contributed by atoms with Gasteiger partial charge in [0.2, 0.25) is 5.91 Å². The van der Waals surface area contributed by atoms with Crippen LogP contribution in [0.3, 0.4) is 0 Å². The van der Waals surface area contributed by atoms with Crippen LogP contribution in [0.2, 0.25) is 0 Å². The third kappa shape index (κ3) is 3.67. The molecule has 150 valence electrons. The molecule has 2 aromatic heterocycles. The fourth-order valence-electron chi connectivity index (χ4n) is 3.47. The summed E-state index contributed by atoms with van der Waals surface area (Å²) in [6, 6.07) is 8.41. The van der Waals surface area contributed by atoms with Crippen molar-refractivity contribution >= 4 is 22.8 Å². The highest BCUT2D eigenvalue weighted by atomic mass is 19.4. The summed E-state index contributed by atoms with van der Waals surface area (Å²) in [5.41, 5.74) is 1.15. The van der Waals surface area contributed by atoms with Gasteiger partial charge in [-0.15, -0.1) is 5.10 Å². The topological polar surface area (TPSA) is 63.1 Å². The molecule has 1 aliphatic rings. The Morgan fingerprint density at radius 3 is 2.69 bits per heavy atom. The van der Waals surface area contributed by atoms with Crippen molar-refractivity contribution in [1.82, 2.24) is 20.1 Å². The molecule has 1 N–H and O–H groups in total. The number of aromatic nitrogens is 3. The Balaban J connectivity index is 1.68. The maximum atomic E-state index is 12.9. The minimum atomic E-state index is -4.39. The maximum Gasteiger partial charge on any atom is 0.416 e. The normalized spacial score (nSPS) is 16.9. The molecule has 9 heteroatoms.